The molecule has 1 aliphatic rings. The van der Waals surface area contributed by atoms with Gasteiger partial charge in [-0.1, -0.05) is 44.2 Å². The zero-order valence-corrected chi connectivity index (χ0v) is 15.9. The Kier molecular flexibility index (Phi) is 6.87. The molecule has 2 rings (SSSR count). The summed E-state index contributed by atoms with van der Waals surface area (Å²) in [6, 6.07) is 5.99. The van der Waals surface area contributed by atoms with E-state index in [0.717, 1.165) is 0 Å². The van der Waals surface area contributed by atoms with Gasteiger partial charge in [-0.25, -0.2) is 4.79 Å². The van der Waals surface area contributed by atoms with Gasteiger partial charge in [-0.05, 0) is 25.1 Å². The van der Waals surface area contributed by atoms with E-state index < -0.39 is 35.3 Å². The van der Waals surface area contributed by atoms with Gasteiger partial charge in [0.2, 0.25) is 11.4 Å². The van der Waals surface area contributed by atoms with Crippen molar-refractivity contribution in [3.63, 3.8) is 0 Å². The van der Waals surface area contributed by atoms with Gasteiger partial charge >= 0.3 is 12.1 Å². The minimum Gasteiger partial charge on any atom is -0.445 e. The number of carbonyl (C=O) groups is 4. The van der Waals surface area contributed by atoms with E-state index in [4.69, 9.17) is 14.2 Å². The molecule has 0 saturated heterocycles. The van der Waals surface area contributed by atoms with Crippen LogP contribution in [0, 0.1) is 11.8 Å². The smallest absolute Gasteiger partial charge is 0.445 e. The van der Waals surface area contributed by atoms with Crippen LogP contribution in [0.2, 0.25) is 0 Å². The first kappa shape index (κ1) is 21.1. The lowest BCUT2D eigenvalue weighted by Gasteiger charge is -2.34. The van der Waals surface area contributed by atoms with Crippen molar-refractivity contribution in [2.45, 2.75) is 26.4 Å². The van der Waals surface area contributed by atoms with Crippen LogP contribution < -0.4 is 4.74 Å². The number of hydrogen-bond acceptors (Lipinski definition) is 7. The molecule has 1 aliphatic carbocycles. The molecule has 148 valence electrons. The highest BCUT2D eigenvalue weighted by atomic mass is 16.7. The maximum Gasteiger partial charge on any atom is 0.513 e. The number of carbonyl (C=O) groups excluding carboxylic acids is 4. The predicted octanol–water partition coefficient (Wildman–Crippen LogP) is 3.28. The molecular weight excluding hydrogens is 364 g/mol. The van der Waals surface area contributed by atoms with E-state index in [-0.39, 0.29) is 17.9 Å². The molecule has 2 atom stereocenters. The second kappa shape index (κ2) is 9.12. The molecule has 7 heteroatoms. The minimum atomic E-state index is -1.87. The molecule has 0 aromatic heterocycles. The summed E-state index contributed by atoms with van der Waals surface area (Å²) in [6.45, 7) is 4.96. The van der Waals surface area contributed by atoms with E-state index in [2.05, 4.69) is 0 Å². The van der Waals surface area contributed by atoms with Crippen LogP contribution in [0.1, 0.15) is 31.1 Å². The van der Waals surface area contributed by atoms with Gasteiger partial charge in [0.05, 0.1) is 24.0 Å². The third-order valence-electron chi connectivity index (χ3n) is 4.10. The molecule has 0 N–H and O–H groups in total. The van der Waals surface area contributed by atoms with Gasteiger partial charge in [0.25, 0.3) is 0 Å². The molecule has 0 radical (unpaired) electrons. The first-order valence-electron chi connectivity index (χ1n) is 8.88. The largest absolute Gasteiger partial charge is 0.513 e. The average Bonchev–Trinajstić information content (AvgIpc) is 2.68. The molecule has 7 nitrogen and oxygen atoms in total. The fourth-order valence-electron chi connectivity index (χ4n) is 2.63. The molecule has 0 fully saturated rings. The molecular formula is C21H22O7. The Morgan fingerprint density at radius 3 is 2.54 bits per heavy atom. The van der Waals surface area contributed by atoms with E-state index in [1.165, 1.54) is 30.4 Å². The number of ether oxygens (including phenoxy) is 3. The normalized spacial score (nSPS) is 20.5. The zero-order valence-electron chi connectivity index (χ0n) is 15.9. The SMILES string of the molecule is CCOC(=O)Oc1ccccc1C(=O)C1(OC(=O)C(C)C)C=CC=CC1C=O. The van der Waals surface area contributed by atoms with Crippen molar-refractivity contribution >= 4 is 24.2 Å². The van der Waals surface area contributed by atoms with Crippen molar-refractivity contribution in [3.8, 4) is 5.75 Å². The van der Waals surface area contributed by atoms with Gasteiger partial charge in [0.15, 0.2) is 0 Å². The average molecular weight is 386 g/mol. The maximum atomic E-state index is 13.5. The van der Waals surface area contributed by atoms with E-state index in [0.29, 0.717) is 6.29 Å². The Morgan fingerprint density at radius 2 is 1.89 bits per heavy atom. The highest BCUT2D eigenvalue weighted by Gasteiger charge is 2.48. The quantitative estimate of drug-likeness (QED) is 0.307. The van der Waals surface area contributed by atoms with Gasteiger partial charge in [-0.2, -0.15) is 0 Å². The summed E-state index contributed by atoms with van der Waals surface area (Å²) < 4.78 is 15.4. The second-order valence-corrected chi connectivity index (χ2v) is 6.39. The van der Waals surface area contributed by atoms with Gasteiger partial charge in [0, 0.05) is 0 Å². The van der Waals surface area contributed by atoms with Crippen molar-refractivity contribution < 1.29 is 33.4 Å². The summed E-state index contributed by atoms with van der Waals surface area (Å²) in [5, 5.41) is 0. The number of benzene rings is 1. The summed E-state index contributed by atoms with van der Waals surface area (Å²) in [7, 11) is 0. The fraction of sp³-hybridized carbons (Fsp3) is 0.333. The number of allylic oxidation sites excluding steroid dienone is 2. The lowest BCUT2D eigenvalue weighted by molar-refractivity contribution is -0.158. The highest BCUT2D eigenvalue weighted by Crippen LogP contribution is 2.35. The molecule has 0 bridgehead atoms. The first-order chi connectivity index (χ1) is 13.4. The highest BCUT2D eigenvalue weighted by molar-refractivity contribution is 6.09. The van der Waals surface area contributed by atoms with Crippen molar-refractivity contribution in [1.82, 2.24) is 0 Å². The summed E-state index contributed by atoms with van der Waals surface area (Å²) in [5.74, 6) is -2.91. The monoisotopic (exact) mass is 386 g/mol. The van der Waals surface area contributed by atoms with Crippen molar-refractivity contribution in [1.29, 1.82) is 0 Å². The summed E-state index contributed by atoms with van der Waals surface area (Å²) in [4.78, 5) is 49.1. The van der Waals surface area contributed by atoms with E-state index in [1.807, 2.05) is 0 Å². The number of hydrogen-bond donors (Lipinski definition) is 0. The molecule has 2 unspecified atom stereocenters. The molecule has 1 aromatic rings. The molecule has 0 spiro atoms. The fourth-order valence-corrected chi connectivity index (χ4v) is 2.63. The van der Waals surface area contributed by atoms with Crippen LogP contribution in [-0.2, 0) is 19.1 Å². The summed E-state index contributed by atoms with van der Waals surface area (Å²) in [6.07, 6.45) is 5.54. The standard InChI is InChI=1S/C21H22O7/c1-4-26-20(25)27-17-11-6-5-10-16(17)18(23)21(28-19(24)14(2)3)12-8-7-9-15(21)13-22/h5-15H,4H2,1-3H3. The van der Waals surface area contributed by atoms with Crippen LogP contribution >= 0.6 is 0 Å². The minimum absolute atomic E-state index is 0.0149. The maximum absolute atomic E-state index is 13.5. The van der Waals surface area contributed by atoms with Crippen LogP contribution in [0.25, 0.3) is 0 Å². The number of para-hydroxylation sites is 1. The Morgan fingerprint density at radius 1 is 1.18 bits per heavy atom. The van der Waals surface area contributed by atoms with Crippen LogP contribution in [0.15, 0.2) is 48.6 Å². The van der Waals surface area contributed by atoms with Gasteiger partial charge < -0.3 is 19.0 Å². The third kappa shape index (κ3) is 4.36. The summed E-state index contributed by atoms with van der Waals surface area (Å²) >= 11 is 0. The van der Waals surface area contributed by atoms with Crippen LogP contribution in [0.4, 0.5) is 4.79 Å². The lowest BCUT2D eigenvalue weighted by Crippen LogP contribution is -2.50. The van der Waals surface area contributed by atoms with Crippen LogP contribution in [0.3, 0.4) is 0 Å². The first-order valence-corrected chi connectivity index (χ1v) is 8.88. The van der Waals surface area contributed by atoms with Crippen molar-refractivity contribution in [2.24, 2.45) is 11.8 Å². The lowest BCUT2D eigenvalue weighted by atomic mass is 9.78. The van der Waals surface area contributed by atoms with Crippen molar-refractivity contribution in [3.05, 3.63) is 54.1 Å². The van der Waals surface area contributed by atoms with E-state index >= 15 is 0 Å². The number of rotatable bonds is 7. The molecule has 0 amide bonds. The number of ketones is 1. The molecule has 1 aromatic carbocycles. The van der Waals surface area contributed by atoms with E-state index in [1.54, 1.807) is 39.0 Å². The van der Waals surface area contributed by atoms with Gasteiger partial charge in [-0.15, -0.1) is 0 Å². The van der Waals surface area contributed by atoms with Crippen LogP contribution in [-0.4, -0.2) is 36.4 Å². The van der Waals surface area contributed by atoms with Gasteiger partial charge in [0.1, 0.15) is 12.0 Å². The molecule has 0 saturated carbocycles. The van der Waals surface area contributed by atoms with E-state index in [9.17, 15) is 19.2 Å². The Hall–Kier alpha value is -3.22. The molecule has 0 heterocycles. The molecule has 0 aliphatic heterocycles. The van der Waals surface area contributed by atoms with Gasteiger partial charge in [-0.3, -0.25) is 9.59 Å². The topological polar surface area (TPSA) is 96.0 Å². The summed E-state index contributed by atoms with van der Waals surface area (Å²) in [5.41, 5.74) is -1.88. The Bertz CT molecular complexity index is 822. The number of Topliss-reactive ketones (excluding diaryl/α,β-unsaturated/α-hetero) is 1. The third-order valence-corrected chi connectivity index (χ3v) is 4.10. The number of aldehydes is 1. The van der Waals surface area contributed by atoms with Crippen molar-refractivity contribution in [2.75, 3.05) is 6.61 Å². The van der Waals surface area contributed by atoms with Crippen LogP contribution in [0.5, 0.6) is 5.75 Å². The Labute approximate surface area is 163 Å². The zero-order chi connectivity index (χ0) is 20.7. The predicted molar refractivity (Wildman–Crippen MR) is 99.9 cm³/mol. The second-order valence-electron chi connectivity index (χ2n) is 6.39. The molecule has 28 heavy (non-hydrogen) atoms. The Balaban J connectivity index is 2.51. The number of esters is 1.